The quantitative estimate of drug-likeness (QED) is 0.360. The van der Waals surface area contributed by atoms with Gasteiger partial charge in [0.15, 0.2) is 5.17 Å². The molecule has 2 amide bonds. The number of hydrogen-bond acceptors (Lipinski definition) is 5. The van der Waals surface area contributed by atoms with Crippen LogP contribution in [0.5, 0.6) is 5.75 Å². The van der Waals surface area contributed by atoms with Crippen LogP contribution in [-0.4, -0.2) is 39.8 Å². The Morgan fingerprint density at radius 2 is 1.78 bits per heavy atom. The predicted octanol–water partition coefficient (Wildman–Crippen LogP) is 6.89. The summed E-state index contributed by atoms with van der Waals surface area (Å²) in [5, 5.41) is 1.97. The fraction of sp³-hybridized carbons (Fsp3) is 0.444. The van der Waals surface area contributed by atoms with Gasteiger partial charge in [0.25, 0.3) is 0 Å². The van der Waals surface area contributed by atoms with Crippen LogP contribution in [0.3, 0.4) is 0 Å². The van der Waals surface area contributed by atoms with Crippen LogP contribution in [-0.2, 0) is 15.8 Å². The molecule has 0 radical (unpaired) electrons. The Labute approximate surface area is 219 Å². The standard InChI is InChI=1S/C27H32F3N3O3S/c1-5-36-22-13-9-8-12-21(22)32-26-33(18(4)15-14-17(2)3)25(35)23(37-26)16-24(34)31-20-11-7-6-10-19(20)27(28,29)30/h6-13,17-18,23H,5,14-16H2,1-4H3,(H,31,34). The summed E-state index contributed by atoms with van der Waals surface area (Å²) in [4.78, 5) is 32.5. The van der Waals surface area contributed by atoms with Crippen molar-refractivity contribution in [3.63, 3.8) is 0 Å². The van der Waals surface area contributed by atoms with E-state index in [1.165, 1.54) is 18.2 Å². The van der Waals surface area contributed by atoms with Gasteiger partial charge in [0.1, 0.15) is 16.7 Å². The number of nitrogens with zero attached hydrogens (tertiary/aromatic N) is 2. The fourth-order valence-electron chi connectivity index (χ4n) is 3.94. The molecule has 1 fully saturated rings. The lowest BCUT2D eigenvalue weighted by Crippen LogP contribution is -2.40. The first-order valence-corrected chi connectivity index (χ1v) is 13.2. The smallest absolute Gasteiger partial charge is 0.418 e. The zero-order valence-corrected chi connectivity index (χ0v) is 22.2. The van der Waals surface area contributed by atoms with Crippen molar-refractivity contribution in [2.45, 2.75) is 64.4 Å². The molecule has 0 bridgehead atoms. The molecule has 2 atom stereocenters. The Morgan fingerprint density at radius 1 is 1.11 bits per heavy atom. The minimum atomic E-state index is -4.61. The maximum atomic E-state index is 13.5. The van der Waals surface area contributed by atoms with Crippen molar-refractivity contribution in [2.24, 2.45) is 10.9 Å². The van der Waals surface area contributed by atoms with Gasteiger partial charge in [0.05, 0.1) is 17.9 Å². The summed E-state index contributed by atoms with van der Waals surface area (Å²) in [6, 6.07) is 11.8. The van der Waals surface area contributed by atoms with Crippen molar-refractivity contribution in [3.05, 3.63) is 54.1 Å². The van der Waals surface area contributed by atoms with E-state index in [0.717, 1.165) is 30.7 Å². The molecule has 0 aliphatic carbocycles. The van der Waals surface area contributed by atoms with Crippen LogP contribution in [0, 0.1) is 5.92 Å². The Kier molecular flexibility index (Phi) is 9.64. The van der Waals surface area contributed by atoms with Crippen molar-refractivity contribution in [1.29, 1.82) is 0 Å². The van der Waals surface area contributed by atoms with Gasteiger partial charge in [-0.15, -0.1) is 0 Å². The molecular weight excluding hydrogens is 503 g/mol. The van der Waals surface area contributed by atoms with Gasteiger partial charge in [-0.25, -0.2) is 4.99 Å². The van der Waals surface area contributed by atoms with E-state index in [1.54, 1.807) is 17.0 Å². The number of aliphatic imine (C=N–C) groups is 1. The zero-order valence-electron chi connectivity index (χ0n) is 21.3. The molecule has 37 heavy (non-hydrogen) atoms. The van der Waals surface area contributed by atoms with Crippen molar-refractivity contribution < 1.29 is 27.5 Å². The third-order valence-corrected chi connectivity index (χ3v) is 6.98. The van der Waals surface area contributed by atoms with Crippen molar-refractivity contribution >= 4 is 40.1 Å². The van der Waals surface area contributed by atoms with Crippen LogP contribution in [0.15, 0.2) is 53.5 Å². The van der Waals surface area contributed by atoms with Gasteiger partial charge in [0.2, 0.25) is 11.8 Å². The van der Waals surface area contributed by atoms with Crippen LogP contribution in [0.25, 0.3) is 0 Å². The number of carbonyl (C=O) groups excluding carboxylic acids is 2. The maximum absolute atomic E-state index is 13.5. The van der Waals surface area contributed by atoms with E-state index in [0.29, 0.717) is 29.1 Å². The number of alkyl halides is 3. The molecule has 2 aromatic rings. The third-order valence-electron chi connectivity index (χ3n) is 5.83. The highest BCUT2D eigenvalue weighted by atomic mass is 32.2. The minimum Gasteiger partial charge on any atom is -0.492 e. The summed E-state index contributed by atoms with van der Waals surface area (Å²) >= 11 is 1.15. The molecule has 2 aromatic carbocycles. The summed E-state index contributed by atoms with van der Waals surface area (Å²) < 4.78 is 45.7. The molecule has 1 N–H and O–H groups in total. The summed E-state index contributed by atoms with van der Waals surface area (Å²) in [5.74, 6) is 0.0638. The summed E-state index contributed by atoms with van der Waals surface area (Å²) in [7, 11) is 0. The number of carbonyl (C=O) groups is 2. The molecule has 1 aliphatic rings. The number of para-hydroxylation sites is 3. The van der Waals surface area contributed by atoms with Gasteiger partial charge in [-0.3, -0.25) is 14.5 Å². The fourth-order valence-corrected chi connectivity index (χ4v) is 5.18. The number of rotatable bonds is 10. The molecule has 1 saturated heterocycles. The SMILES string of the molecule is CCOc1ccccc1N=C1SC(CC(=O)Nc2ccccc2C(F)(F)F)C(=O)N1C(C)CCC(C)C. The van der Waals surface area contributed by atoms with E-state index in [2.05, 4.69) is 19.2 Å². The first-order valence-electron chi connectivity index (χ1n) is 12.3. The monoisotopic (exact) mass is 535 g/mol. The highest BCUT2D eigenvalue weighted by molar-refractivity contribution is 8.15. The van der Waals surface area contributed by atoms with Crippen LogP contribution < -0.4 is 10.1 Å². The normalized spacial score (nSPS) is 17.9. The second-order valence-corrected chi connectivity index (χ2v) is 10.4. The minimum absolute atomic E-state index is 0.167. The third kappa shape index (κ3) is 7.50. The van der Waals surface area contributed by atoms with Crippen molar-refractivity contribution in [3.8, 4) is 5.75 Å². The number of nitrogens with one attached hydrogen (secondary N) is 1. The lowest BCUT2D eigenvalue weighted by Gasteiger charge is -2.25. The molecule has 6 nitrogen and oxygen atoms in total. The highest BCUT2D eigenvalue weighted by Crippen LogP contribution is 2.38. The van der Waals surface area contributed by atoms with Gasteiger partial charge < -0.3 is 10.1 Å². The number of benzene rings is 2. The first-order chi connectivity index (χ1) is 17.5. The molecule has 0 saturated carbocycles. The van der Waals surface area contributed by atoms with Crippen LogP contribution in [0.2, 0.25) is 0 Å². The Morgan fingerprint density at radius 3 is 2.46 bits per heavy atom. The van der Waals surface area contributed by atoms with Crippen LogP contribution in [0.1, 0.15) is 52.5 Å². The van der Waals surface area contributed by atoms with Crippen LogP contribution >= 0.6 is 11.8 Å². The number of anilines is 1. The Balaban J connectivity index is 1.85. The zero-order chi connectivity index (χ0) is 27.2. The van der Waals surface area contributed by atoms with E-state index >= 15 is 0 Å². The van der Waals surface area contributed by atoms with Crippen molar-refractivity contribution in [2.75, 3.05) is 11.9 Å². The molecule has 1 heterocycles. The van der Waals surface area contributed by atoms with E-state index in [-0.39, 0.29) is 24.1 Å². The van der Waals surface area contributed by atoms with E-state index in [4.69, 9.17) is 9.73 Å². The van der Waals surface area contributed by atoms with E-state index in [9.17, 15) is 22.8 Å². The second kappa shape index (κ2) is 12.5. The Bertz CT molecular complexity index is 1140. The second-order valence-electron chi connectivity index (χ2n) is 9.23. The van der Waals surface area contributed by atoms with E-state index in [1.807, 2.05) is 26.0 Å². The topological polar surface area (TPSA) is 71.0 Å². The lowest BCUT2D eigenvalue weighted by atomic mass is 10.0. The molecule has 0 spiro atoms. The van der Waals surface area contributed by atoms with Crippen molar-refractivity contribution in [1.82, 2.24) is 4.90 Å². The Hall–Kier alpha value is -3.01. The summed E-state index contributed by atoms with van der Waals surface area (Å²) in [5.41, 5.74) is -0.713. The molecule has 2 unspecified atom stereocenters. The van der Waals surface area contributed by atoms with Gasteiger partial charge in [-0.1, -0.05) is 49.9 Å². The maximum Gasteiger partial charge on any atom is 0.418 e. The average Bonchev–Trinajstić information content (AvgIpc) is 3.12. The average molecular weight is 536 g/mol. The van der Waals surface area contributed by atoms with Gasteiger partial charge in [0, 0.05) is 12.5 Å². The molecule has 0 aromatic heterocycles. The highest BCUT2D eigenvalue weighted by Gasteiger charge is 2.42. The lowest BCUT2D eigenvalue weighted by molar-refractivity contribution is -0.137. The van der Waals surface area contributed by atoms with Gasteiger partial charge in [-0.05, 0) is 56.9 Å². The largest absolute Gasteiger partial charge is 0.492 e. The molecule has 1 aliphatic heterocycles. The first kappa shape index (κ1) is 28.6. The molecule has 10 heteroatoms. The molecular formula is C27H32F3N3O3S. The predicted molar refractivity (Wildman–Crippen MR) is 141 cm³/mol. The van der Waals surface area contributed by atoms with E-state index < -0.39 is 22.9 Å². The number of hydrogen-bond donors (Lipinski definition) is 1. The number of halogens is 3. The number of amides is 2. The van der Waals surface area contributed by atoms with Gasteiger partial charge in [-0.2, -0.15) is 13.2 Å². The number of amidine groups is 1. The van der Waals surface area contributed by atoms with Gasteiger partial charge >= 0.3 is 6.18 Å². The number of ether oxygens (including phenoxy) is 1. The number of thioether (sulfide) groups is 1. The van der Waals surface area contributed by atoms with Crippen LogP contribution in [0.4, 0.5) is 24.5 Å². The molecule has 200 valence electrons. The molecule has 3 rings (SSSR count). The summed E-state index contributed by atoms with van der Waals surface area (Å²) in [6.45, 7) is 8.46. The summed E-state index contributed by atoms with van der Waals surface area (Å²) in [6.07, 6.45) is -3.25.